The second-order valence-electron chi connectivity index (χ2n) is 8.22. The van der Waals surface area contributed by atoms with E-state index in [1.807, 2.05) is 26.0 Å². The highest BCUT2D eigenvalue weighted by Gasteiger charge is 2.50. The number of carbonyl (C=O) groups excluding carboxylic acids is 3. The zero-order chi connectivity index (χ0) is 17.9. The Bertz CT molecular complexity index is 743. The number of imide groups is 1. The number of nitrogens with one attached hydrogen (secondary N) is 1. The summed E-state index contributed by atoms with van der Waals surface area (Å²) in [6.45, 7) is 10.2. The quantitative estimate of drug-likeness (QED) is 0.805. The number of rotatable bonds is 1. The molecule has 1 N–H and O–H groups in total. The molecule has 5 heteroatoms. The summed E-state index contributed by atoms with van der Waals surface area (Å²) in [5.41, 5.74) is 2.11. The first-order chi connectivity index (χ1) is 11.0. The van der Waals surface area contributed by atoms with E-state index >= 15 is 0 Å². The number of amides is 3. The van der Waals surface area contributed by atoms with Crippen molar-refractivity contribution in [1.29, 1.82) is 0 Å². The summed E-state index contributed by atoms with van der Waals surface area (Å²) in [6.07, 6.45) is 0.626. The van der Waals surface area contributed by atoms with Crippen LogP contribution in [0.2, 0.25) is 0 Å². The molecule has 1 fully saturated rings. The minimum atomic E-state index is -0.694. The molecule has 1 aromatic rings. The topological polar surface area (TPSA) is 66.5 Å². The van der Waals surface area contributed by atoms with Crippen LogP contribution < -0.4 is 10.2 Å². The van der Waals surface area contributed by atoms with Crippen LogP contribution in [0.5, 0.6) is 0 Å². The SMILES string of the molecule is CC(C)(C)c1cccc2c1C(C)(C)C(=O)N2C1CCC(=O)NC1=O. The Morgan fingerprint density at radius 3 is 2.42 bits per heavy atom. The third kappa shape index (κ3) is 2.34. The molecule has 1 unspecified atom stereocenters. The molecule has 2 aliphatic heterocycles. The lowest BCUT2D eigenvalue weighted by molar-refractivity contribution is -0.136. The van der Waals surface area contributed by atoms with Crippen LogP contribution in [-0.4, -0.2) is 23.8 Å². The van der Waals surface area contributed by atoms with Crippen LogP contribution in [0.15, 0.2) is 18.2 Å². The Hall–Kier alpha value is -2.17. The normalized spacial score (nSPS) is 23.3. The van der Waals surface area contributed by atoms with E-state index in [2.05, 4.69) is 32.2 Å². The standard InChI is InChI=1S/C19H24N2O3/c1-18(2,3)11-7-6-8-12-15(11)19(4,5)17(24)21(12)13-9-10-14(22)20-16(13)23/h6-8,13H,9-10H2,1-5H3,(H,20,22,23). The van der Waals surface area contributed by atoms with Gasteiger partial charge in [-0.25, -0.2) is 0 Å². The van der Waals surface area contributed by atoms with E-state index in [9.17, 15) is 14.4 Å². The maximum atomic E-state index is 13.2. The number of nitrogens with zero attached hydrogens (tertiary/aromatic N) is 1. The zero-order valence-electron chi connectivity index (χ0n) is 14.9. The van der Waals surface area contributed by atoms with Gasteiger partial charge in [0.05, 0.1) is 5.41 Å². The molecule has 1 aromatic carbocycles. The van der Waals surface area contributed by atoms with Gasteiger partial charge in [-0.1, -0.05) is 32.9 Å². The Balaban J connectivity index is 2.15. The van der Waals surface area contributed by atoms with Crippen molar-refractivity contribution in [2.45, 2.75) is 64.3 Å². The molecule has 0 saturated carbocycles. The van der Waals surface area contributed by atoms with Crippen molar-refractivity contribution >= 4 is 23.4 Å². The van der Waals surface area contributed by atoms with E-state index in [4.69, 9.17) is 0 Å². The molecular weight excluding hydrogens is 304 g/mol. The molecule has 3 amide bonds. The van der Waals surface area contributed by atoms with Crippen LogP contribution in [0.4, 0.5) is 5.69 Å². The second-order valence-corrected chi connectivity index (χ2v) is 8.22. The van der Waals surface area contributed by atoms with E-state index in [0.717, 1.165) is 16.8 Å². The smallest absolute Gasteiger partial charge is 0.249 e. The summed E-state index contributed by atoms with van der Waals surface area (Å²) >= 11 is 0. The molecule has 0 spiro atoms. The molecular formula is C19H24N2O3. The van der Waals surface area contributed by atoms with Crippen molar-refractivity contribution in [2.75, 3.05) is 4.90 Å². The molecule has 5 nitrogen and oxygen atoms in total. The summed E-state index contributed by atoms with van der Waals surface area (Å²) in [7, 11) is 0. The average Bonchev–Trinajstić information content (AvgIpc) is 2.67. The van der Waals surface area contributed by atoms with Gasteiger partial charge < -0.3 is 0 Å². The summed E-state index contributed by atoms with van der Waals surface area (Å²) < 4.78 is 0. The Morgan fingerprint density at radius 2 is 1.83 bits per heavy atom. The fourth-order valence-electron chi connectivity index (χ4n) is 3.78. The first-order valence-corrected chi connectivity index (χ1v) is 8.36. The van der Waals surface area contributed by atoms with Crippen molar-refractivity contribution in [3.8, 4) is 0 Å². The van der Waals surface area contributed by atoms with Gasteiger partial charge in [0.25, 0.3) is 0 Å². The number of piperidine rings is 1. The fourth-order valence-corrected chi connectivity index (χ4v) is 3.78. The first-order valence-electron chi connectivity index (χ1n) is 8.36. The van der Waals surface area contributed by atoms with Gasteiger partial charge in [-0.2, -0.15) is 0 Å². The predicted molar refractivity (Wildman–Crippen MR) is 91.8 cm³/mol. The van der Waals surface area contributed by atoms with E-state index in [1.165, 1.54) is 0 Å². The van der Waals surface area contributed by atoms with Gasteiger partial charge in [0.1, 0.15) is 6.04 Å². The van der Waals surface area contributed by atoms with Gasteiger partial charge in [0.15, 0.2) is 0 Å². The lowest BCUT2D eigenvalue weighted by Crippen LogP contribution is -2.55. The van der Waals surface area contributed by atoms with Crippen LogP contribution in [0, 0.1) is 0 Å². The predicted octanol–water partition coefficient (Wildman–Crippen LogP) is 2.41. The molecule has 2 aliphatic rings. The van der Waals surface area contributed by atoms with E-state index in [1.54, 1.807) is 4.90 Å². The van der Waals surface area contributed by atoms with Gasteiger partial charge >= 0.3 is 0 Å². The van der Waals surface area contributed by atoms with Crippen LogP contribution in [0.25, 0.3) is 0 Å². The Morgan fingerprint density at radius 1 is 1.17 bits per heavy atom. The third-order valence-corrected chi connectivity index (χ3v) is 5.01. The van der Waals surface area contributed by atoms with Crippen molar-refractivity contribution in [3.63, 3.8) is 0 Å². The molecule has 1 saturated heterocycles. The zero-order valence-corrected chi connectivity index (χ0v) is 14.9. The Kier molecular flexibility index (Phi) is 3.59. The fraction of sp³-hybridized carbons (Fsp3) is 0.526. The number of hydrogen-bond acceptors (Lipinski definition) is 3. The van der Waals surface area contributed by atoms with Crippen LogP contribution in [-0.2, 0) is 25.2 Å². The molecule has 3 rings (SSSR count). The first kappa shape index (κ1) is 16.7. The highest BCUT2D eigenvalue weighted by Crippen LogP contribution is 2.47. The molecule has 0 aromatic heterocycles. The molecule has 128 valence electrons. The second kappa shape index (κ2) is 5.16. The van der Waals surface area contributed by atoms with Crippen LogP contribution in [0.3, 0.4) is 0 Å². The minimum absolute atomic E-state index is 0.0799. The van der Waals surface area contributed by atoms with Gasteiger partial charge in [-0.15, -0.1) is 0 Å². The van der Waals surface area contributed by atoms with Gasteiger partial charge in [-0.3, -0.25) is 24.6 Å². The van der Waals surface area contributed by atoms with Gasteiger partial charge in [0, 0.05) is 12.1 Å². The molecule has 2 heterocycles. The molecule has 0 radical (unpaired) electrons. The van der Waals surface area contributed by atoms with E-state index in [-0.39, 0.29) is 29.6 Å². The van der Waals surface area contributed by atoms with Crippen molar-refractivity contribution in [1.82, 2.24) is 5.32 Å². The summed E-state index contributed by atoms with van der Waals surface area (Å²) in [6, 6.07) is 5.28. The van der Waals surface area contributed by atoms with Gasteiger partial charge in [-0.05, 0) is 42.9 Å². The number of benzene rings is 1. The number of fused-ring (bicyclic) bond motifs is 1. The monoisotopic (exact) mass is 328 g/mol. The van der Waals surface area contributed by atoms with Gasteiger partial charge in [0.2, 0.25) is 17.7 Å². The molecule has 0 aliphatic carbocycles. The van der Waals surface area contributed by atoms with Crippen LogP contribution >= 0.6 is 0 Å². The third-order valence-electron chi connectivity index (χ3n) is 5.01. The van der Waals surface area contributed by atoms with Crippen LogP contribution in [0.1, 0.15) is 58.6 Å². The summed E-state index contributed by atoms with van der Waals surface area (Å²) in [4.78, 5) is 38.5. The minimum Gasteiger partial charge on any atom is -0.299 e. The lowest BCUT2D eigenvalue weighted by atomic mass is 9.75. The number of anilines is 1. The maximum Gasteiger partial charge on any atom is 0.249 e. The largest absolute Gasteiger partial charge is 0.299 e. The molecule has 1 atom stereocenters. The average molecular weight is 328 g/mol. The molecule has 0 bridgehead atoms. The maximum absolute atomic E-state index is 13.2. The summed E-state index contributed by atoms with van der Waals surface area (Å²) in [5, 5.41) is 2.36. The van der Waals surface area contributed by atoms with E-state index < -0.39 is 11.5 Å². The molecule has 24 heavy (non-hydrogen) atoms. The highest BCUT2D eigenvalue weighted by molar-refractivity contribution is 6.14. The lowest BCUT2D eigenvalue weighted by Gasteiger charge is -2.31. The van der Waals surface area contributed by atoms with Crippen molar-refractivity contribution < 1.29 is 14.4 Å². The number of hydrogen-bond donors (Lipinski definition) is 1. The highest BCUT2D eigenvalue weighted by atomic mass is 16.2. The Labute approximate surface area is 142 Å². The number of carbonyl (C=O) groups is 3. The van der Waals surface area contributed by atoms with Crippen molar-refractivity contribution in [2.24, 2.45) is 0 Å². The van der Waals surface area contributed by atoms with Crippen molar-refractivity contribution in [3.05, 3.63) is 29.3 Å². The summed E-state index contributed by atoms with van der Waals surface area (Å²) in [5.74, 6) is -0.737. The van der Waals surface area contributed by atoms with E-state index in [0.29, 0.717) is 6.42 Å².